The highest BCUT2D eigenvalue weighted by Gasteiger charge is 2.12. The van der Waals surface area contributed by atoms with Gasteiger partial charge in [0, 0.05) is 17.7 Å². The fourth-order valence-corrected chi connectivity index (χ4v) is 2.85. The molecule has 2 rings (SSSR count). The van der Waals surface area contributed by atoms with Crippen LogP contribution in [0.2, 0.25) is 4.34 Å². The molecule has 0 aromatic carbocycles. The summed E-state index contributed by atoms with van der Waals surface area (Å²) in [4.78, 5) is 17.0. The molecular formula is C13H16ClN3O2S. The topological polar surface area (TPSA) is 68.0 Å². The molecule has 20 heavy (non-hydrogen) atoms. The van der Waals surface area contributed by atoms with Gasteiger partial charge in [-0.3, -0.25) is 4.79 Å². The van der Waals surface area contributed by atoms with E-state index in [0.29, 0.717) is 31.0 Å². The minimum Gasteiger partial charge on any atom is -0.349 e. The number of rotatable bonds is 6. The van der Waals surface area contributed by atoms with Gasteiger partial charge in [0.25, 0.3) is 0 Å². The molecule has 0 aliphatic heterocycles. The van der Waals surface area contributed by atoms with Crippen LogP contribution in [0.15, 0.2) is 16.7 Å². The third kappa shape index (κ3) is 4.31. The Morgan fingerprint density at radius 1 is 1.55 bits per heavy atom. The number of carbonyl (C=O) groups excluding carboxylic acids is 1. The number of aryl methyl sites for hydroxylation is 2. The number of amides is 1. The predicted octanol–water partition coefficient (Wildman–Crippen LogP) is 3.29. The van der Waals surface area contributed by atoms with Crippen molar-refractivity contribution in [3.8, 4) is 0 Å². The Bertz CT molecular complexity index is 582. The lowest BCUT2D eigenvalue weighted by molar-refractivity contribution is -0.121. The van der Waals surface area contributed by atoms with E-state index in [4.69, 9.17) is 16.1 Å². The summed E-state index contributed by atoms with van der Waals surface area (Å²) in [5.74, 6) is 1.21. The minimum absolute atomic E-state index is 0.0123. The van der Waals surface area contributed by atoms with Crippen molar-refractivity contribution in [2.75, 3.05) is 0 Å². The van der Waals surface area contributed by atoms with Gasteiger partial charge in [-0.1, -0.05) is 16.8 Å². The molecule has 2 heterocycles. The third-order valence-electron chi connectivity index (χ3n) is 2.76. The minimum atomic E-state index is -0.0225. The Morgan fingerprint density at radius 3 is 2.95 bits per heavy atom. The number of hydrogen-bond acceptors (Lipinski definition) is 5. The number of carbonyl (C=O) groups is 1. The van der Waals surface area contributed by atoms with Gasteiger partial charge >= 0.3 is 0 Å². The van der Waals surface area contributed by atoms with Crippen LogP contribution in [0.4, 0.5) is 0 Å². The molecule has 2 aromatic rings. The summed E-state index contributed by atoms with van der Waals surface area (Å²) in [5.41, 5.74) is 0. The number of nitrogens with one attached hydrogen (secondary N) is 1. The molecular weight excluding hydrogens is 298 g/mol. The Kier molecular flexibility index (Phi) is 5.14. The van der Waals surface area contributed by atoms with Crippen LogP contribution >= 0.6 is 22.9 Å². The van der Waals surface area contributed by atoms with Gasteiger partial charge < -0.3 is 9.84 Å². The fraction of sp³-hybridized carbons (Fsp3) is 0.462. The lowest BCUT2D eigenvalue weighted by atomic mass is 10.2. The zero-order valence-corrected chi connectivity index (χ0v) is 12.9. The second-order valence-electron chi connectivity index (χ2n) is 4.52. The first-order valence-corrected chi connectivity index (χ1v) is 7.58. The highest BCUT2D eigenvalue weighted by atomic mass is 35.5. The van der Waals surface area contributed by atoms with Crippen molar-refractivity contribution < 1.29 is 9.32 Å². The smallest absolute Gasteiger partial charge is 0.226 e. The molecule has 1 N–H and O–H groups in total. The second kappa shape index (κ2) is 6.85. The summed E-state index contributed by atoms with van der Waals surface area (Å²) in [6.07, 6.45) is 1.74. The van der Waals surface area contributed by atoms with E-state index in [1.807, 2.05) is 19.1 Å². The molecule has 1 amide bonds. The van der Waals surface area contributed by atoms with Crippen molar-refractivity contribution in [3.05, 3.63) is 33.1 Å². The Hall–Kier alpha value is -1.40. The first-order chi connectivity index (χ1) is 9.54. The molecule has 2 aromatic heterocycles. The summed E-state index contributed by atoms with van der Waals surface area (Å²) < 4.78 is 5.72. The Labute approximate surface area is 126 Å². The van der Waals surface area contributed by atoms with Crippen LogP contribution in [-0.2, 0) is 11.2 Å². The van der Waals surface area contributed by atoms with Crippen LogP contribution in [0.1, 0.15) is 42.4 Å². The summed E-state index contributed by atoms with van der Waals surface area (Å²) in [5, 5.41) is 6.65. The molecule has 0 fully saturated rings. The van der Waals surface area contributed by atoms with Crippen molar-refractivity contribution in [2.24, 2.45) is 0 Å². The normalized spacial score (nSPS) is 12.3. The monoisotopic (exact) mass is 313 g/mol. The highest BCUT2D eigenvalue weighted by molar-refractivity contribution is 7.16. The SMILES string of the molecule is Cc1noc(CCCC(=O)N[C@H](C)c2ccc(Cl)s2)n1. The third-order valence-corrected chi connectivity index (χ3v) is 4.18. The number of aromatic nitrogens is 2. The molecule has 0 saturated heterocycles. The van der Waals surface area contributed by atoms with E-state index in [1.54, 1.807) is 6.92 Å². The number of hydrogen-bond donors (Lipinski definition) is 1. The van der Waals surface area contributed by atoms with E-state index in [1.165, 1.54) is 11.3 Å². The fourth-order valence-electron chi connectivity index (χ4n) is 1.79. The van der Waals surface area contributed by atoms with Crippen molar-refractivity contribution >= 4 is 28.8 Å². The number of nitrogens with zero attached hydrogens (tertiary/aromatic N) is 2. The van der Waals surface area contributed by atoms with Crippen LogP contribution in [0, 0.1) is 6.92 Å². The van der Waals surface area contributed by atoms with Crippen molar-refractivity contribution in [1.29, 1.82) is 0 Å². The molecule has 0 unspecified atom stereocenters. The van der Waals surface area contributed by atoms with Crippen LogP contribution in [0.5, 0.6) is 0 Å². The molecule has 5 nitrogen and oxygen atoms in total. The van der Waals surface area contributed by atoms with Crippen molar-refractivity contribution in [2.45, 2.75) is 39.2 Å². The van der Waals surface area contributed by atoms with Crippen LogP contribution < -0.4 is 5.32 Å². The molecule has 7 heteroatoms. The molecule has 0 bridgehead atoms. The molecule has 108 valence electrons. The molecule has 1 atom stereocenters. The average Bonchev–Trinajstić information content (AvgIpc) is 2.98. The quantitative estimate of drug-likeness (QED) is 0.888. The Morgan fingerprint density at radius 2 is 2.35 bits per heavy atom. The summed E-state index contributed by atoms with van der Waals surface area (Å²) in [6, 6.07) is 3.74. The number of thiophene rings is 1. The maximum absolute atomic E-state index is 11.8. The van der Waals surface area contributed by atoms with E-state index in [0.717, 1.165) is 9.21 Å². The molecule has 0 saturated carbocycles. The van der Waals surface area contributed by atoms with Crippen molar-refractivity contribution in [3.63, 3.8) is 0 Å². The Balaban J connectivity index is 1.72. The van der Waals surface area contributed by atoms with Gasteiger partial charge in [0.15, 0.2) is 5.82 Å². The van der Waals surface area contributed by atoms with Crippen molar-refractivity contribution in [1.82, 2.24) is 15.5 Å². The summed E-state index contributed by atoms with van der Waals surface area (Å²) in [7, 11) is 0. The maximum atomic E-state index is 11.8. The lowest BCUT2D eigenvalue weighted by Crippen LogP contribution is -2.25. The largest absolute Gasteiger partial charge is 0.349 e. The van der Waals surface area contributed by atoms with Gasteiger partial charge in [0.1, 0.15) is 0 Å². The molecule has 0 radical (unpaired) electrons. The van der Waals surface area contributed by atoms with E-state index in [2.05, 4.69) is 15.5 Å². The van der Waals surface area contributed by atoms with E-state index >= 15 is 0 Å². The lowest BCUT2D eigenvalue weighted by Gasteiger charge is -2.11. The molecule has 0 spiro atoms. The van der Waals surface area contributed by atoms with E-state index in [9.17, 15) is 4.79 Å². The summed E-state index contributed by atoms with van der Waals surface area (Å²) in [6.45, 7) is 3.72. The average molecular weight is 314 g/mol. The first kappa shape index (κ1) is 15.0. The van der Waals surface area contributed by atoms with Crippen LogP contribution in [0.3, 0.4) is 0 Å². The van der Waals surface area contributed by atoms with E-state index < -0.39 is 0 Å². The molecule has 0 aliphatic rings. The van der Waals surface area contributed by atoms with Gasteiger partial charge in [-0.25, -0.2) is 0 Å². The molecule has 0 aliphatic carbocycles. The zero-order valence-electron chi connectivity index (χ0n) is 11.4. The van der Waals surface area contributed by atoms with Gasteiger partial charge in [-0.2, -0.15) is 4.98 Å². The van der Waals surface area contributed by atoms with E-state index in [-0.39, 0.29) is 11.9 Å². The van der Waals surface area contributed by atoms with Crippen LogP contribution in [-0.4, -0.2) is 16.0 Å². The second-order valence-corrected chi connectivity index (χ2v) is 6.27. The maximum Gasteiger partial charge on any atom is 0.226 e. The first-order valence-electron chi connectivity index (χ1n) is 6.38. The van der Waals surface area contributed by atoms with Gasteiger partial charge in [-0.15, -0.1) is 11.3 Å². The van der Waals surface area contributed by atoms with Gasteiger partial charge in [0.05, 0.1) is 10.4 Å². The zero-order chi connectivity index (χ0) is 14.5. The van der Waals surface area contributed by atoms with Gasteiger partial charge in [0.2, 0.25) is 11.8 Å². The summed E-state index contributed by atoms with van der Waals surface area (Å²) >= 11 is 7.36. The van der Waals surface area contributed by atoms with Gasteiger partial charge in [-0.05, 0) is 32.4 Å². The van der Waals surface area contributed by atoms with Crippen LogP contribution in [0.25, 0.3) is 0 Å². The standard InChI is InChI=1S/C13H16ClN3O2S/c1-8(10-6-7-11(14)20-10)15-12(18)4-3-5-13-16-9(2)17-19-13/h6-8H,3-5H2,1-2H3,(H,15,18)/t8-/m1/s1. The number of halogens is 1. The highest BCUT2D eigenvalue weighted by Crippen LogP contribution is 2.26. The predicted molar refractivity (Wildman–Crippen MR) is 77.9 cm³/mol.